The van der Waals surface area contributed by atoms with Crippen molar-refractivity contribution in [3.8, 4) is 0 Å². The van der Waals surface area contributed by atoms with Gasteiger partial charge in [-0.15, -0.1) is 0 Å². The molecule has 1 heterocycles. The van der Waals surface area contributed by atoms with E-state index in [2.05, 4.69) is 0 Å². The molecule has 1 fully saturated rings. The quantitative estimate of drug-likeness (QED) is 0.420. The second kappa shape index (κ2) is 9.17. The number of benzene rings is 1. The number of nitrogens with zero attached hydrogens (tertiary/aromatic N) is 3. The average molecular weight is 400 g/mol. The number of hydrogen-bond donors (Lipinski definition) is 0. The van der Waals surface area contributed by atoms with Gasteiger partial charge in [-0.25, -0.2) is 9.59 Å². The van der Waals surface area contributed by atoms with Crippen molar-refractivity contribution in [1.82, 2.24) is 9.80 Å². The van der Waals surface area contributed by atoms with Crippen LogP contribution in [0.4, 0.5) is 10.5 Å². The summed E-state index contributed by atoms with van der Waals surface area (Å²) in [7, 11) is 0. The first-order chi connectivity index (χ1) is 12.8. The molecule has 1 saturated heterocycles. The van der Waals surface area contributed by atoms with Crippen LogP contribution < -0.4 is 0 Å². The number of rotatable bonds is 5. The third kappa shape index (κ3) is 5.30. The van der Waals surface area contributed by atoms with Crippen molar-refractivity contribution in [3.63, 3.8) is 0 Å². The number of nitro benzene ring substituents is 1. The van der Waals surface area contributed by atoms with Crippen molar-refractivity contribution in [1.29, 1.82) is 0 Å². The van der Waals surface area contributed by atoms with Crippen molar-refractivity contribution in [2.24, 2.45) is 0 Å². The molecule has 1 aromatic carbocycles. The lowest BCUT2D eigenvalue weighted by Crippen LogP contribution is -2.51. The minimum atomic E-state index is -0.867. The van der Waals surface area contributed by atoms with Crippen LogP contribution >= 0.6 is 11.6 Å². The van der Waals surface area contributed by atoms with Crippen LogP contribution in [0.1, 0.15) is 17.3 Å². The van der Waals surface area contributed by atoms with Crippen LogP contribution in [0, 0.1) is 10.1 Å². The van der Waals surface area contributed by atoms with Crippen molar-refractivity contribution < 1.29 is 28.8 Å². The normalized spacial score (nSPS) is 13.9. The predicted molar refractivity (Wildman–Crippen MR) is 93.6 cm³/mol. The Morgan fingerprint density at radius 3 is 2.37 bits per heavy atom. The van der Waals surface area contributed by atoms with Crippen LogP contribution in [-0.4, -0.2) is 72.1 Å². The smallest absolute Gasteiger partial charge is 0.409 e. The van der Waals surface area contributed by atoms with Gasteiger partial charge < -0.3 is 19.3 Å². The molecule has 11 heteroatoms. The molecule has 2 rings (SSSR count). The first-order valence-corrected chi connectivity index (χ1v) is 8.51. The first kappa shape index (κ1) is 20.4. The fraction of sp³-hybridized carbons (Fsp3) is 0.438. The Kier molecular flexibility index (Phi) is 6.94. The molecule has 1 aromatic rings. The van der Waals surface area contributed by atoms with Gasteiger partial charge in [0.2, 0.25) is 0 Å². The fourth-order valence-electron chi connectivity index (χ4n) is 2.43. The van der Waals surface area contributed by atoms with Crippen molar-refractivity contribution >= 4 is 35.3 Å². The molecular formula is C16H18ClN3O7. The van der Waals surface area contributed by atoms with Gasteiger partial charge in [-0.1, -0.05) is 11.6 Å². The van der Waals surface area contributed by atoms with Gasteiger partial charge >= 0.3 is 12.1 Å². The summed E-state index contributed by atoms with van der Waals surface area (Å²) in [6.45, 7) is 2.71. The maximum Gasteiger partial charge on any atom is 0.409 e. The molecule has 146 valence electrons. The minimum Gasteiger partial charge on any atom is -0.452 e. The van der Waals surface area contributed by atoms with E-state index >= 15 is 0 Å². The molecule has 0 aromatic heterocycles. The highest BCUT2D eigenvalue weighted by Gasteiger charge is 2.25. The summed E-state index contributed by atoms with van der Waals surface area (Å²) in [6.07, 6.45) is -0.430. The zero-order valence-electron chi connectivity index (χ0n) is 14.6. The highest BCUT2D eigenvalue weighted by atomic mass is 35.5. The van der Waals surface area contributed by atoms with E-state index in [-0.39, 0.29) is 17.2 Å². The Bertz CT molecular complexity index is 748. The van der Waals surface area contributed by atoms with Crippen LogP contribution in [0.15, 0.2) is 18.2 Å². The molecule has 0 radical (unpaired) electrons. The first-order valence-electron chi connectivity index (χ1n) is 8.14. The van der Waals surface area contributed by atoms with Crippen LogP contribution in [0.2, 0.25) is 5.02 Å². The molecular weight excluding hydrogens is 382 g/mol. The molecule has 0 bridgehead atoms. The molecule has 1 aliphatic rings. The van der Waals surface area contributed by atoms with E-state index in [4.69, 9.17) is 21.1 Å². The molecule has 10 nitrogen and oxygen atoms in total. The predicted octanol–water partition coefficient (Wildman–Crippen LogP) is 1.71. The Balaban J connectivity index is 1.85. The number of hydrogen-bond acceptors (Lipinski definition) is 7. The van der Waals surface area contributed by atoms with E-state index in [1.807, 2.05) is 0 Å². The van der Waals surface area contributed by atoms with Gasteiger partial charge in [0, 0.05) is 32.2 Å². The summed E-state index contributed by atoms with van der Waals surface area (Å²) in [5.74, 6) is -1.29. The van der Waals surface area contributed by atoms with E-state index in [1.165, 1.54) is 21.9 Å². The summed E-state index contributed by atoms with van der Waals surface area (Å²) in [5.41, 5.74) is -0.501. The number of halogens is 1. The molecule has 27 heavy (non-hydrogen) atoms. The maximum absolute atomic E-state index is 12.2. The summed E-state index contributed by atoms with van der Waals surface area (Å²) in [4.78, 5) is 48.9. The molecule has 0 atom stereocenters. The third-order valence-corrected chi connectivity index (χ3v) is 4.18. The van der Waals surface area contributed by atoms with E-state index in [0.29, 0.717) is 26.2 Å². The van der Waals surface area contributed by atoms with Gasteiger partial charge in [0.15, 0.2) is 6.61 Å². The summed E-state index contributed by atoms with van der Waals surface area (Å²) in [6, 6.07) is 3.49. The molecule has 0 spiro atoms. The number of amides is 2. The van der Waals surface area contributed by atoms with Gasteiger partial charge in [0.1, 0.15) is 5.02 Å². The lowest BCUT2D eigenvalue weighted by molar-refractivity contribution is -0.384. The number of piperazine rings is 1. The molecule has 2 amide bonds. The number of carbonyl (C=O) groups is 3. The molecule has 0 unspecified atom stereocenters. The highest BCUT2D eigenvalue weighted by Crippen LogP contribution is 2.25. The van der Waals surface area contributed by atoms with Gasteiger partial charge in [0.25, 0.3) is 11.6 Å². The van der Waals surface area contributed by atoms with Gasteiger partial charge in [-0.3, -0.25) is 14.9 Å². The third-order valence-electron chi connectivity index (χ3n) is 3.86. The maximum atomic E-state index is 12.2. The molecule has 0 aliphatic carbocycles. The second-order valence-corrected chi connectivity index (χ2v) is 5.97. The zero-order valence-corrected chi connectivity index (χ0v) is 15.3. The Morgan fingerprint density at radius 1 is 1.15 bits per heavy atom. The number of ether oxygens (including phenoxy) is 2. The van der Waals surface area contributed by atoms with E-state index in [1.54, 1.807) is 6.92 Å². The number of nitro groups is 1. The Hall–Kier alpha value is -2.88. The Morgan fingerprint density at radius 2 is 1.78 bits per heavy atom. The highest BCUT2D eigenvalue weighted by molar-refractivity contribution is 6.32. The fourth-order valence-corrected chi connectivity index (χ4v) is 2.62. The van der Waals surface area contributed by atoms with Crippen LogP contribution in [0.5, 0.6) is 0 Å². The SMILES string of the molecule is CCOC(=O)N1CCN(C(=O)COC(=O)c2ccc(Cl)c([N+](=O)[O-])c2)CC1. The lowest BCUT2D eigenvalue weighted by Gasteiger charge is -2.33. The zero-order chi connectivity index (χ0) is 20.0. The van der Waals surface area contributed by atoms with E-state index in [0.717, 1.165) is 6.07 Å². The lowest BCUT2D eigenvalue weighted by atomic mass is 10.2. The van der Waals surface area contributed by atoms with Crippen molar-refractivity contribution in [3.05, 3.63) is 38.9 Å². The van der Waals surface area contributed by atoms with Gasteiger partial charge in [0.05, 0.1) is 17.1 Å². The van der Waals surface area contributed by atoms with Crippen LogP contribution in [0.3, 0.4) is 0 Å². The Labute approximate surface area is 159 Å². The molecule has 1 aliphatic heterocycles. The van der Waals surface area contributed by atoms with Gasteiger partial charge in [-0.2, -0.15) is 0 Å². The standard InChI is InChI=1S/C16H18ClN3O7/c1-2-26-16(23)19-7-5-18(6-8-19)14(21)10-27-15(22)11-3-4-12(17)13(9-11)20(24)25/h3-4,9H,2,5-8,10H2,1H3. The largest absolute Gasteiger partial charge is 0.452 e. The number of esters is 1. The molecule has 0 N–H and O–H groups in total. The van der Waals surface area contributed by atoms with Crippen LogP contribution in [-0.2, 0) is 14.3 Å². The average Bonchev–Trinajstić information content (AvgIpc) is 2.66. The molecule has 0 saturated carbocycles. The summed E-state index contributed by atoms with van der Waals surface area (Å²) < 4.78 is 9.83. The van der Waals surface area contributed by atoms with E-state index in [9.17, 15) is 24.5 Å². The van der Waals surface area contributed by atoms with Gasteiger partial charge in [-0.05, 0) is 19.1 Å². The summed E-state index contributed by atoms with van der Waals surface area (Å²) >= 11 is 5.69. The topological polar surface area (TPSA) is 119 Å². The van der Waals surface area contributed by atoms with Crippen molar-refractivity contribution in [2.75, 3.05) is 39.4 Å². The minimum absolute atomic E-state index is 0.0777. The van der Waals surface area contributed by atoms with Crippen LogP contribution in [0.25, 0.3) is 0 Å². The number of carbonyl (C=O) groups excluding carboxylic acids is 3. The summed E-state index contributed by atoms with van der Waals surface area (Å²) in [5, 5.41) is 10.8. The monoisotopic (exact) mass is 399 g/mol. The second-order valence-electron chi connectivity index (χ2n) is 5.57. The van der Waals surface area contributed by atoms with Crippen molar-refractivity contribution in [2.45, 2.75) is 6.92 Å². The van der Waals surface area contributed by atoms with E-state index < -0.39 is 35.2 Å².